The van der Waals surface area contributed by atoms with E-state index in [1.807, 2.05) is 30.3 Å². The zero-order valence-electron chi connectivity index (χ0n) is 11.1. The van der Waals surface area contributed by atoms with E-state index in [0.717, 1.165) is 10.6 Å². The van der Waals surface area contributed by atoms with Crippen molar-refractivity contribution in [3.63, 3.8) is 0 Å². The fraction of sp³-hybridized carbons (Fsp3) is 0.286. The molecule has 0 saturated carbocycles. The van der Waals surface area contributed by atoms with Gasteiger partial charge in [-0.3, -0.25) is 4.79 Å². The predicted molar refractivity (Wildman–Crippen MR) is 77.8 cm³/mol. The average molecular weight is 292 g/mol. The molecule has 1 aromatic carbocycles. The molecule has 0 aliphatic carbocycles. The van der Waals surface area contributed by atoms with Gasteiger partial charge in [-0.1, -0.05) is 30.3 Å². The van der Waals surface area contributed by atoms with E-state index in [1.165, 1.54) is 18.4 Å². The van der Waals surface area contributed by atoms with E-state index in [0.29, 0.717) is 4.88 Å². The number of amides is 1. The maximum absolute atomic E-state index is 11.9. The summed E-state index contributed by atoms with van der Waals surface area (Å²) in [6.45, 7) is 0.351. The molecule has 0 saturated heterocycles. The lowest BCUT2D eigenvalue weighted by molar-refractivity contribution is 0.0610. The third kappa shape index (κ3) is 3.86. The highest BCUT2D eigenvalue weighted by molar-refractivity contribution is 7.16. The topological polar surface area (TPSA) is 71.5 Å². The van der Waals surface area contributed by atoms with Crippen molar-refractivity contribution < 1.29 is 14.6 Å². The van der Waals surface area contributed by atoms with Crippen LogP contribution in [-0.2, 0) is 4.74 Å². The first-order valence-corrected chi connectivity index (χ1v) is 6.99. The van der Waals surface area contributed by atoms with Gasteiger partial charge in [0.2, 0.25) is 0 Å². The summed E-state index contributed by atoms with van der Waals surface area (Å²) in [4.78, 5) is 16.7. The molecule has 1 heterocycles. The van der Waals surface area contributed by atoms with Crippen molar-refractivity contribution in [2.24, 2.45) is 0 Å². The molecule has 0 fully saturated rings. The van der Waals surface area contributed by atoms with Crippen LogP contribution in [0.3, 0.4) is 0 Å². The number of carbonyl (C=O) groups is 1. The van der Waals surface area contributed by atoms with Gasteiger partial charge in [-0.15, -0.1) is 11.3 Å². The van der Waals surface area contributed by atoms with Gasteiger partial charge in [0, 0.05) is 19.2 Å². The van der Waals surface area contributed by atoms with E-state index >= 15 is 0 Å². The van der Waals surface area contributed by atoms with Gasteiger partial charge >= 0.3 is 0 Å². The Morgan fingerprint density at radius 2 is 2.20 bits per heavy atom. The summed E-state index contributed by atoms with van der Waals surface area (Å²) >= 11 is 1.32. The lowest BCUT2D eigenvalue weighted by Gasteiger charge is -2.09. The number of nitrogens with one attached hydrogen (secondary N) is 1. The fourth-order valence-electron chi connectivity index (χ4n) is 1.64. The molecule has 106 valence electrons. The molecular weight excluding hydrogens is 276 g/mol. The number of benzene rings is 1. The molecule has 0 bridgehead atoms. The second kappa shape index (κ2) is 7.14. The second-order valence-corrected chi connectivity index (χ2v) is 5.25. The number of rotatable bonds is 6. The summed E-state index contributed by atoms with van der Waals surface area (Å²) in [5, 5.41) is 12.9. The lowest BCUT2D eigenvalue weighted by atomic mass is 10.2. The van der Waals surface area contributed by atoms with Crippen LogP contribution >= 0.6 is 11.3 Å². The molecule has 0 aliphatic heterocycles. The number of aliphatic hydroxyl groups is 1. The average Bonchev–Trinajstić information content (AvgIpc) is 2.96. The maximum atomic E-state index is 11.9. The Bertz CT molecular complexity index is 557. The van der Waals surface area contributed by atoms with Crippen molar-refractivity contribution in [2.75, 3.05) is 20.3 Å². The molecule has 1 amide bonds. The van der Waals surface area contributed by atoms with Crippen LogP contribution in [0, 0.1) is 0 Å². The summed E-state index contributed by atoms with van der Waals surface area (Å²) < 4.78 is 4.79. The van der Waals surface area contributed by atoms with E-state index < -0.39 is 6.10 Å². The molecule has 1 unspecified atom stereocenters. The van der Waals surface area contributed by atoms with Gasteiger partial charge in [-0.05, 0) is 0 Å². The summed E-state index contributed by atoms with van der Waals surface area (Å²) in [6.07, 6.45) is 0.843. The van der Waals surface area contributed by atoms with Gasteiger partial charge in [-0.25, -0.2) is 4.98 Å². The van der Waals surface area contributed by atoms with Crippen molar-refractivity contribution in [1.82, 2.24) is 10.3 Å². The summed E-state index contributed by atoms with van der Waals surface area (Å²) in [5.41, 5.74) is 0.982. The lowest BCUT2D eigenvalue weighted by Crippen LogP contribution is -2.33. The van der Waals surface area contributed by atoms with Gasteiger partial charge in [0.05, 0.1) is 18.9 Å². The minimum absolute atomic E-state index is 0.158. The summed E-state index contributed by atoms with van der Waals surface area (Å²) in [7, 11) is 1.50. The van der Waals surface area contributed by atoms with Crippen LogP contribution in [0.2, 0.25) is 0 Å². The van der Waals surface area contributed by atoms with Gasteiger partial charge in [-0.2, -0.15) is 0 Å². The van der Waals surface area contributed by atoms with Crippen LogP contribution in [0.25, 0.3) is 10.6 Å². The van der Waals surface area contributed by atoms with Crippen LogP contribution in [0.5, 0.6) is 0 Å². The van der Waals surface area contributed by atoms with Crippen molar-refractivity contribution in [1.29, 1.82) is 0 Å². The number of hydrogen-bond donors (Lipinski definition) is 2. The van der Waals surface area contributed by atoms with Gasteiger partial charge in [0.1, 0.15) is 9.88 Å². The maximum Gasteiger partial charge on any atom is 0.263 e. The number of aromatic nitrogens is 1. The Morgan fingerprint density at radius 1 is 1.45 bits per heavy atom. The summed E-state index contributed by atoms with van der Waals surface area (Å²) in [6, 6.07) is 9.68. The zero-order valence-corrected chi connectivity index (χ0v) is 11.9. The number of carbonyl (C=O) groups excluding carboxylic acids is 1. The number of aliphatic hydroxyl groups excluding tert-OH is 1. The van der Waals surface area contributed by atoms with Crippen molar-refractivity contribution >= 4 is 17.2 Å². The molecule has 0 radical (unpaired) electrons. The van der Waals surface area contributed by atoms with Gasteiger partial charge in [0.15, 0.2) is 0 Å². The smallest absolute Gasteiger partial charge is 0.263 e. The van der Waals surface area contributed by atoms with E-state index in [4.69, 9.17) is 4.74 Å². The van der Waals surface area contributed by atoms with Crippen LogP contribution in [-0.4, -0.2) is 42.4 Å². The normalized spacial score (nSPS) is 12.1. The van der Waals surface area contributed by atoms with E-state index in [9.17, 15) is 9.90 Å². The molecule has 2 N–H and O–H groups in total. The molecule has 2 aromatic rings. The van der Waals surface area contributed by atoms with Crippen LogP contribution < -0.4 is 5.32 Å². The van der Waals surface area contributed by atoms with Crippen LogP contribution in [0.4, 0.5) is 0 Å². The number of methoxy groups -OCH3 is 1. The van der Waals surface area contributed by atoms with Gasteiger partial charge < -0.3 is 15.2 Å². The minimum atomic E-state index is -0.703. The Morgan fingerprint density at radius 3 is 2.90 bits per heavy atom. The Hall–Kier alpha value is -1.76. The summed E-state index contributed by atoms with van der Waals surface area (Å²) in [5.74, 6) is -0.236. The monoisotopic (exact) mass is 292 g/mol. The second-order valence-electron chi connectivity index (χ2n) is 4.21. The highest BCUT2D eigenvalue weighted by Gasteiger charge is 2.13. The predicted octanol–water partition coefficient (Wildman–Crippen LogP) is 1.55. The quantitative estimate of drug-likeness (QED) is 0.847. The molecule has 2 rings (SSSR count). The minimum Gasteiger partial charge on any atom is -0.389 e. The third-order valence-electron chi connectivity index (χ3n) is 2.61. The SMILES string of the molecule is COCC(O)CNC(=O)c1cnc(-c2ccccc2)s1. The molecule has 0 spiro atoms. The number of nitrogens with zero attached hydrogens (tertiary/aromatic N) is 1. The van der Waals surface area contributed by atoms with E-state index in [2.05, 4.69) is 10.3 Å². The first-order valence-electron chi connectivity index (χ1n) is 6.17. The highest BCUT2D eigenvalue weighted by Crippen LogP contribution is 2.24. The standard InChI is InChI=1S/C14H16N2O3S/c1-19-9-11(17)7-15-13(18)12-8-16-14(20-12)10-5-3-2-4-6-10/h2-6,8,11,17H,7,9H2,1H3,(H,15,18). The molecule has 0 aliphatic rings. The van der Waals surface area contributed by atoms with Crippen molar-refractivity contribution in [3.05, 3.63) is 41.4 Å². The molecule has 6 heteroatoms. The number of hydrogen-bond acceptors (Lipinski definition) is 5. The molecule has 5 nitrogen and oxygen atoms in total. The molecular formula is C14H16N2O3S. The Labute approximate surface area is 121 Å². The zero-order chi connectivity index (χ0) is 14.4. The largest absolute Gasteiger partial charge is 0.389 e. The molecule has 1 atom stereocenters. The van der Waals surface area contributed by atoms with Crippen LogP contribution in [0.1, 0.15) is 9.67 Å². The van der Waals surface area contributed by atoms with Gasteiger partial charge in [0.25, 0.3) is 5.91 Å². The van der Waals surface area contributed by atoms with E-state index in [1.54, 1.807) is 6.20 Å². The Kier molecular flexibility index (Phi) is 5.23. The first kappa shape index (κ1) is 14.6. The third-order valence-corrected chi connectivity index (χ3v) is 3.65. The highest BCUT2D eigenvalue weighted by atomic mass is 32.1. The molecule has 1 aromatic heterocycles. The number of thiazole rings is 1. The number of ether oxygens (including phenoxy) is 1. The molecule has 20 heavy (non-hydrogen) atoms. The van der Waals surface area contributed by atoms with E-state index in [-0.39, 0.29) is 19.1 Å². The fourth-order valence-corrected chi connectivity index (χ4v) is 2.48. The van der Waals surface area contributed by atoms with Crippen molar-refractivity contribution in [3.8, 4) is 10.6 Å². The van der Waals surface area contributed by atoms with Crippen LogP contribution in [0.15, 0.2) is 36.5 Å². The Balaban J connectivity index is 1.97. The van der Waals surface area contributed by atoms with Crippen molar-refractivity contribution in [2.45, 2.75) is 6.10 Å². The first-order chi connectivity index (χ1) is 9.70.